The van der Waals surface area contributed by atoms with Crippen LogP contribution in [0.4, 0.5) is 11.4 Å². The number of hydrogen-bond acceptors (Lipinski definition) is 4. The average Bonchev–Trinajstić information content (AvgIpc) is 3.18. The van der Waals surface area contributed by atoms with Gasteiger partial charge in [-0.25, -0.2) is 4.98 Å². The van der Waals surface area contributed by atoms with Crippen LogP contribution in [0.15, 0.2) is 79.1 Å². The highest BCUT2D eigenvalue weighted by Gasteiger charge is 2.35. The molecule has 0 spiro atoms. The highest BCUT2D eigenvalue weighted by Crippen LogP contribution is 2.36. The maximum absolute atomic E-state index is 13.4. The number of aromatic nitrogens is 2. The van der Waals surface area contributed by atoms with Gasteiger partial charge < -0.3 is 14.5 Å². The van der Waals surface area contributed by atoms with Crippen molar-refractivity contribution in [3.05, 3.63) is 90.4 Å². The van der Waals surface area contributed by atoms with Crippen LogP contribution in [0.1, 0.15) is 22.2 Å². The Bertz CT molecular complexity index is 1130. The van der Waals surface area contributed by atoms with Gasteiger partial charge in [0.1, 0.15) is 17.1 Å². The molecule has 0 unspecified atom stereocenters. The first kappa shape index (κ1) is 16.4. The Balaban J connectivity index is 1.65. The van der Waals surface area contributed by atoms with Crippen LogP contribution in [0.2, 0.25) is 0 Å². The molecule has 0 fully saturated rings. The summed E-state index contributed by atoms with van der Waals surface area (Å²) < 4.78 is 7.21. The first-order chi connectivity index (χ1) is 13.7. The van der Waals surface area contributed by atoms with E-state index in [1.165, 1.54) is 0 Å². The number of benzene rings is 2. The van der Waals surface area contributed by atoms with Crippen LogP contribution in [-0.4, -0.2) is 22.4 Å². The Morgan fingerprint density at radius 2 is 1.79 bits per heavy atom. The van der Waals surface area contributed by atoms with E-state index in [0.717, 1.165) is 28.5 Å². The van der Waals surface area contributed by atoms with Gasteiger partial charge in [-0.2, -0.15) is 0 Å². The van der Waals surface area contributed by atoms with E-state index in [2.05, 4.69) is 5.32 Å². The molecule has 2 aromatic carbocycles. The van der Waals surface area contributed by atoms with Crippen LogP contribution in [0.25, 0.3) is 5.65 Å². The van der Waals surface area contributed by atoms with Crippen LogP contribution in [0.5, 0.6) is 5.75 Å². The molecule has 1 aliphatic rings. The van der Waals surface area contributed by atoms with Gasteiger partial charge in [-0.1, -0.05) is 18.2 Å². The first-order valence-electron chi connectivity index (χ1n) is 9.01. The number of anilines is 2. The van der Waals surface area contributed by atoms with E-state index in [1.54, 1.807) is 12.0 Å². The van der Waals surface area contributed by atoms with Crippen molar-refractivity contribution in [2.45, 2.75) is 6.17 Å². The van der Waals surface area contributed by atoms with E-state index in [4.69, 9.17) is 9.72 Å². The van der Waals surface area contributed by atoms with Crippen LogP contribution >= 0.6 is 0 Å². The second kappa shape index (κ2) is 6.42. The topological polar surface area (TPSA) is 58.9 Å². The lowest BCUT2D eigenvalue weighted by Crippen LogP contribution is -2.43. The number of methoxy groups -OCH3 is 1. The number of nitrogens with zero attached hydrogens (tertiary/aromatic N) is 3. The van der Waals surface area contributed by atoms with E-state index in [1.807, 2.05) is 83.5 Å². The van der Waals surface area contributed by atoms with Gasteiger partial charge in [0.05, 0.1) is 12.7 Å². The minimum Gasteiger partial charge on any atom is -0.497 e. The Labute approximate surface area is 162 Å². The lowest BCUT2D eigenvalue weighted by molar-refractivity contribution is 0.0974. The van der Waals surface area contributed by atoms with Crippen LogP contribution in [0, 0.1) is 0 Å². The molecule has 1 aliphatic heterocycles. The highest BCUT2D eigenvalue weighted by atomic mass is 16.5. The van der Waals surface area contributed by atoms with E-state index in [-0.39, 0.29) is 5.91 Å². The smallest absolute Gasteiger partial charge is 0.262 e. The maximum Gasteiger partial charge on any atom is 0.262 e. The van der Waals surface area contributed by atoms with Crippen molar-refractivity contribution in [2.24, 2.45) is 0 Å². The van der Waals surface area contributed by atoms with Gasteiger partial charge in [0.2, 0.25) is 0 Å². The van der Waals surface area contributed by atoms with Crippen molar-refractivity contribution in [2.75, 3.05) is 17.3 Å². The van der Waals surface area contributed by atoms with Crippen molar-refractivity contribution in [3.63, 3.8) is 0 Å². The van der Waals surface area contributed by atoms with Gasteiger partial charge >= 0.3 is 0 Å². The third kappa shape index (κ3) is 2.58. The maximum atomic E-state index is 13.4. The van der Waals surface area contributed by atoms with Gasteiger partial charge in [0.25, 0.3) is 5.91 Å². The van der Waals surface area contributed by atoms with Crippen molar-refractivity contribution >= 4 is 22.9 Å². The molecule has 2 aromatic heterocycles. The molecule has 138 valence electrons. The number of fused-ring (bicyclic) bond motifs is 2. The lowest BCUT2D eigenvalue weighted by atomic mass is 10.1. The Hall–Kier alpha value is -3.80. The number of pyridine rings is 1. The molecule has 0 aliphatic carbocycles. The fourth-order valence-electron chi connectivity index (χ4n) is 3.56. The fraction of sp³-hybridized carbons (Fsp3) is 0.0909. The van der Waals surface area contributed by atoms with E-state index >= 15 is 0 Å². The molecule has 1 N–H and O–H groups in total. The van der Waals surface area contributed by atoms with Gasteiger partial charge in [0.15, 0.2) is 6.17 Å². The molecule has 4 aromatic rings. The summed E-state index contributed by atoms with van der Waals surface area (Å²) in [5.74, 6) is 0.674. The minimum atomic E-state index is -0.421. The molecule has 3 heterocycles. The molecular formula is C22H18N4O2. The van der Waals surface area contributed by atoms with Crippen molar-refractivity contribution in [3.8, 4) is 5.75 Å². The average molecular weight is 370 g/mol. The number of imidazole rings is 1. The molecule has 0 radical (unpaired) electrons. The SMILES string of the molecule is COc1ccc(N2C(=O)c3ccccc3N[C@H]2c2cn3ccccc3n2)cc1. The van der Waals surface area contributed by atoms with Gasteiger partial charge in [-0.05, 0) is 48.5 Å². The minimum absolute atomic E-state index is 0.0680. The van der Waals surface area contributed by atoms with E-state index < -0.39 is 6.17 Å². The number of rotatable bonds is 3. The summed E-state index contributed by atoms with van der Waals surface area (Å²) in [5, 5.41) is 3.48. The molecule has 6 nitrogen and oxygen atoms in total. The third-order valence-corrected chi connectivity index (χ3v) is 4.94. The molecule has 0 saturated carbocycles. The summed E-state index contributed by atoms with van der Waals surface area (Å²) in [4.78, 5) is 19.9. The fourth-order valence-corrected chi connectivity index (χ4v) is 3.56. The molecule has 28 heavy (non-hydrogen) atoms. The molecule has 6 heteroatoms. The van der Waals surface area contributed by atoms with E-state index in [0.29, 0.717) is 5.56 Å². The predicted molar refractivity (Wildman–Crippen MR) is 108 cm³/mol. The van der Waals surface area contributed by atoms with Crippen LogP contribution in [0.3, 0.4) is 0 Å². The largest absolute Gasteiger partial charge is 0.497 e. The quantitative estimate of drug-likeness (QED) is 0.589. The zero-order valence-electron chi connectivity index (χ0n) is 15.2. The number of hydrogen-bond donors (Lipinski definition) is 1. The number of nitrogens with one attached hydrogen (secondary N) is 1. The second-order valence-electron chi connectivity index (χ2n) is 6.60. The number of amides is 1. The number of carbonyl (C=O) groups excluding carboxylic acids is 1. The zero-order valence-corrected chi connectivity index (χ0v) is 15.2. The molecule has 1 atom stereocenters. The van der Waals surface area contributed by atoms with Gasteiger partial charge in [-0.3, -0.25) is 9.69 Å². The van der Waals surface area contributed by atoms with Gasteiger partial charge in [0, 0.05) is 23.8 Å². The van der Waals surface area contributed by atoms with E-state index in [9.17, 15) is 4.79 Å². The molecule has 0 bridgehead atoms. The summed E-state index contributed by atoms with van der Waals surface area (Å²) in [7, 11) is 1.62. The summed E-state index contributed by atoms with van der Waals surface area (Å²) in [6.45, 7) is 0. The first-order valence-corrected chi connectivity index (χ1v) is 9.01. The Morgan fingerprint density at radius 3 is 2.57 bits per heavy atom. The number of para-hydroxylation sites is 1. The highest BCUT2D eigenvalue weighted by molar-refractivity contribution is 6.12. The summed E-state index contributed by atoms with van der Waals surface area (Å²) in [6, 6.07) is 20.9. The molecular weight excluding hydrogens is 352 g/mol. The van der Waals surface area contributed by atoms with Crippen LogP contribution in [-0.2, 0) is 0 Å². The van der Waals surface area contributed by atoms with Crippen LogP contribution < -0.4 is 15.0 Å². The predicted octanol–water partition coefficient (Wildman–Crippen LogP) is 4.11. The van der Waals surface area contributed by atoms with Crippen molar-refractivity contribution < 1.29 is 9.53 Å². The second-order valence-corrected chi connectivity index (χ2v) is 6.60. The summed E-state index contributed by atoms with van der Waals surface area (Å²) >= 11 is 0. The number of ether oxygens (including phenoxy) is 1. The standard InChI is InChI=1S/C22H18N4O2/c1-28-16-11-9-15(10-12-16)26-21(19-14-25-13-5-4-8-20(25)23-19)24-18-7-3-2-6-17(18)22(26)27/h2-14,21,24H,1H3/t21-/m1/s1. The third-order valence-electron chi connectivity index (χ3n) is 4.94. The number of carbonyl (C=O) groups is 1. The van der Waals surface area contributed by atoms with Gasteiger partial charge in [-0.15, -0.1) is 0 Å². The molecule has 5 rings (SSSR count). The summed E-state index contributed by atoms with van der Waals surface area (Å²) in [6.07, 6.45) is 3.48. The monoisotopic (exact) mass is 370 g/mol. The Kier molecular flexibility index (Phi) is 3.76. The van der Waals surface area contributed by atoms with Crippen molar-refractivity contribution in [1.29, 1.82) is 0 Å². The zero-order chi connectivity index (χ0) is 19.1. The molecule has 1 amide bonds. The Morgan fingerprint density at radius 1 is 1.00 bits per heavy atom. The normalized spacial score (nSPS) is 16.0. The molecule has 0 saturated heterocycles. The lowest BCUT2D eigenvalue weighted by Gasteiger charge is -2.37. The summed E-state index contributed by atoms with van der Waals surface area (Å²) in [5.41, 5.74) is 3.82. The van der Waals surface area contributed by atoms with Crippen molar-refractivity contribution in [1.82, 2.24) is 9.38 Å².